The molecule has 3 rings (SSSR count). The van der Waals surface area contributed by atoms with E-state index in [-0.39, 0.29) is 11.4 Å². The van der Waals surface area contributed by atoms with Gasteiger partial charge in [0, 0.05) is 10.7 Å². The van der Waals surface area contributed by atoms with Gasteiger partial charge < -0.3 is 5.11 Å². The third-order valence-electron chi connectivity index (χ3n) is 3.38. The lowest BCUT2D eigenvalue weighted by molar-refractivity contribution is 0.0949. The van der Waals surface area contributed by atoms with Gasteiger partial charge in [-0.25, -0.2) is 5.43 Å². The smallest absolute Gasteiger partial charge is 0.291 e. The molecule has 0 saturated heterocycles. The van der Waals surface area contributed by atoms with Crippen molar-refractivity contribution in [3.8, 4) is 5.75 Å². The summed E-state index contributed by atoms with van der Waals surface area (Å²) in [5.41, 5.74) is 4.47. The highest BCUT2D eigenvalue weighted by Crippen LogP contribution is 2.11. The minimum Gasteiger partial charge on any atom is -0.508 e. The topological polar surface area (TPSA) is 79.5 Å². The first kappa shape index (κ1) is 16.9. The van der Waals surface area contributed by atoms with Crippen molar-refractivity contribution in [3.63, 3.8) is 0 Å². The summed E-state index contributed by atoms with van der Waals surface area (Å²) in [6, 6.07) is 16.1. The minimum absolute atomic E-state index is 0.141. The Morgan fingerprint density at radius 3 is 2.80 bits per heavy atom. The summed E-state index contributed by atoms with van der Waals surface area (Å²) in [5, 5.41) is 17.5. The third-order valence-corrected chi connectivity index (χ3v) is 3.91. The summed E-state index contributed by atoms with van der Waals surface area (Å²) in [5.74, 6) is -0.257. The standard InChI is InChI=1S/C18H15BrN4O2/c19-15-6-4-13(5-7-15)12-23-9-8-17(22-23)18(25)21-20-11-14-2-1-3-16(24)10-14/h1-11,24H,12H2,(H,21,25). The number of hydrogen-bond acceptors (Lipinski definition) is 4. The average molecular weight is 399 g/mol. The van der Waals surface area contributed by atoms with Crippen molar-refractivity contribution >= 4 is 28.1 Å². The van der Waals surface area contributed by atoms with Gasteiger partial charge in [0.05, 0.1) is 12.8 Å². The molecule has 0 aliphatic carbocycles. The van der Waals surface area contributed by atoms with Crippen LogP contribution in [0.3, 0.4) is 0 Å². The number of benzene rings is 2. The van der Waals surface area contributed by atoms with Crippen molar-refractivity contribution in [3.05, 3.63) is 82.1 Å². The third kappa shape index (κ3) is 4.77. The summed E-state index contributed by atoms with van der Waals surface area (Å²) >= 11 is 3.40. The highest BCUT2D eigenvalue weighted by molar-refractivity contribution is 9.10. The largest absolute Gasteiger partial charge is 0.508 e. The van der Waals surface area contributed by atoms with E-state index in [0.717, 1.165) is 10.0 Å². The van der Waals surface area contributed by atoms with Crippen LogP contribution >= 0.6 is 15.9 Å². The van der Waals surface area contributed by atoms with E-state index < -0.39 is 5.91 Å². The van der Waals surface area contributed by atoms with E-state index in [1.807, 2.05) is 24.3 Å². The zero-order valence-corrected chi connectivity index (χ0v) is 14.7. The number of nitrogens with zero attached hydrogens (tertiary/aromatic N) is 3. The van der Waals surface area contributed by atoms with Gasteiger partial charge in [0.2, 0.25) is 0 Å². The number of hydrogen-bond donors (Lipinski definition) is 2. The maximum Gasteiger partial charge on any atom is 0.291 e. The molecule has 126 valence electrons. The van der Waals surface area contributed by atoms with Crippen molar-refractivity contribution in [2.24, 2.45) is 5.10 Å². The van der Waals surface area contributed by atoms with Gasteiger partial charge in [0.15, 0.2) is 5.69 Å². The molecule has 7 heteroatoms. The van der Waals surface area contributed by atoms with Crippen LogP contribution in [0.5, 0.6) is 5.75 Å². The first-order chi connectivity index (χ1) is 12.1. The van der Waals surface area contributed by atoms with Crippen molar-refractivity contribution in [1.82, 2.24) is 15.2 Å². The molecule has 0 saturated carbocycles. The molecule has 2 N–H and O–H groups in total. The Labute approximate surface area is 152 Å². The molecule has 0 spiro atoms. The lowest BCUT2D eigenvalue weighted by Gasteiger charge is -2.02. The molecule has 1 heterocycles. The fourth-order valence-electron chi connectivity index (χ4n) is 2.18. The quantitative estimate of drug-likeness (QED) is 0.511. The van der Waals surface area contributed by atoms with E-state index in [1.54, 1.807) is 41.2 Å². The summed E-state index contributed by atoms with van der Waals surface area (Å²) in [6.07, 6.45) is 3.20. The number of rotatable bonds is 5. The van der Waals surface area contributed by atoms with Gasteiger partial charge in [-0.15, -0.1) is 0 Å². The lowest BCUT2D eigenvalue weighted by Crippen LogP contribution is -2.18. The Bertz CT molecular complexity index is 903. The number of amides is 1. The molecule has 25 heavy (non-hydrogen) atoms. The molecule has 6 nitrogen and oxygen atoms in total. The number of aromatic nitrogens is 2. The Morgan fingerprint density at radius 2 is 2.04 bits per heavy atom. The van der Waals surface area contributed by atoms with Gasteiger partial charge in [-0.3, -0.25) is 9.48 Å². The van der Waals surface area contributed by atoms with Crippen LogP contribution in [0.15, 0.2) is 70.4 Å². The Kier molecular flexibility index (Phi) is 5.25. The minimum atomic E-state index is -0.397. The number of hydrazone groups is 1. The average Bonchev–Trinajstić information content (AvgIpc) is 3.06. The molecule has 3 aromatic rings. The summed E-state index contributed by atoms with van der Waals surface area (Å²) in [4.78, 5) is 12.1. The van der Waals surface area contributed by atoms with E-state index in [2.05, 4.69) is 31.6 Å². The van der Waals surface area contributed by atoms with Gasteiger partial charge in [-0.05, 0) is 41.5 Å². The Morgan fingerprint density at radius 1 is 1.24 bits per heavy atom. The molecule has 0 aliphatic rings. The van der Waals surface area contributed by atoms with Crippen LogP contribution in [0.25, 0.3) is 0 Å². The van der Waals surface area contributed by atoms with Crippen LogP contribution in [-0.2, 0) is 6.54 Å². The van der Waals surface area contributed by atoms with E-state index in [0.29, 0.717) is 12.1 Å². The van der Waals surface area contributed by atoms with Gasteiger partial charge in [-0.2, -0.15) is 10.2 Å². The van der Waals surface area contributed by atoms with E-state index in [9.17, 15) is 9.90 Å². The molecule has 1 amide bonds. The monoisotopic (exact) mass is 398 g/mol. The summed E-state index contributed by atoms with van der Waals surface area (Å²) < 4.78 is 2.71. The number of nitrogens with one attached hydrogen (secondary N) is 1. The first-order valence-corrected chi connectivity index (χ1v) is 8.30. The van der Waals surface area contributed by atoms with Gasteiger partial charge in [0.1, 0.15) is 5.75 Å². The van der Waals surface area contributed by atoms with Crippen LogP contribution in [0, 0.1) is 0 Å². The lowest BCUT2D eigenvalue weighted by atomic mass is 10.2. The van der Waals surface area contributed by atoms with Crippen molar-refractivity contribution in [2.45, 2.75) is 6.54 Å². The number of carbonyl (C=O) groups is 1. The van der Waals surface area contributed by atoms with E-state index in [1.165, 1.54) is 6.21 Å². The molecule has 1 aromatic heterocycles. The summed E-state index contributed by atoms with van der Waals surface area (Å²) in [7, 11) is 0. The molecule has 0 fully saturated rings. The zero-order valence-electron chi connectivity index (χ0n) is 13.1. The van der Waals surface area contributed by atoms with Crippen LogP contribution in [-0.4, -0.2) is 27.0 Å². The van der Waals surface area contributed by atoms with Crippen molar-refractivity contribution in [1.29, 1.82) is 0 Å². The fourth-order valence-corrected chi connectivity index (χ4v) is 2.44. The first-order valence-electron chi connectivity index (χ1n) is 7.50. The van der Waals surface area contributed by atoms with Crippen LogP contribution < -0.4 is 5.43 Å². The molecular weight excluding hydrogens is 384 g/mol. The molecule has 0 unspecified atom stereocenters. The van der Waals surface area contributed by atoms with E-state index in [4.69, 9.17) is 0 Å². The highest BCUT2D eigenvalue weighted by Gasteiger charge is 2.08. The number of phenolic OH excluding ortho intramolecular Hbond substituents is 1. The number of phenols is 1. The number of aromatic hydroxyl groups is 1. The maximum atomic E-state index is 12.1. The zero-order chi connectivity index (χ0) is 17.6. The number of carbonyl (C=O) groups excluding carboxylic acids is 1. The summed E-state index contributed by atoms with van der Waals surface area (Å²) in [6.45, 7) is 0.577. The maximum absolute atomic E-state index is 12.1. The van der Waals surface area contributed by atoms with Crippen LogP contribution in [0.1, 0.15) is 21.6 Å². The predicted octanol–water partition coefficient (Wildman–Crippen LogP) is 3.16. The Hall–Kier alpha value is -2.93. The van der Waals surface area contributed by atoms with Crippen LogP contribution in [0.4, 0.5) is 0 Å². The predicted molar refractivity (Wildman–Crippen MR) is 98.6 cm³/mol. The second-order valence-electron chi connectivity index (χ2n) is 5.32. The normalized spacial score (nSPS) is 10.9. The Balaban J connectivity index is 1.59. The molecule has 0 atom stereocenters. The molecular formula is C18H15BrN4O2. The van der Waals surface area contributed by atoms with Gasteiger partial charge >= 0.3 is 0 Å². The molecule has 2 aromatic carbocycles. The van der Waals surface area contributed by atoms with Crippen molar-refractivity contribution < 1.29 is 9.90 Å². The molecule has 0 bridgehead atoms. The second-order valence-corrected chi connectivity index (χ2v) is 6.23. The SMILES string of the molecule is O=C(NN=Cc1cccc(O)c1)c1ccn(Cc2ccc(Br)cc2)n1. The van der Waals surface area contributed by atoms with E-state index >= 15 is 0 Å². The van der Waals surface area contributed by atoms with Gasteiger partial charge in [-0.1, -0.05) is 40.2 Å². The second kappa shape index (κ2) is 7.76. The highest BCUT2D eigenvalue weighted by atomic mass is 79.9. The van der Waals surface area contributed by atoms with Crippen molar-refractivity contribution in [2.75, 3.05) is 0 Å². The van der Waals surface area contributed by atoms with Gasteiger partial charge in [0.25, 0.3) is 5.91 Å². The molecule has 0 radical (unpaired) electrons. The van der Waals surface area contributed by atoms with Crippen LogP contribution in [0.2, 0.25) is 0 Å². The number of halogens is 1. The molecule has 0 aliphatic heterocycles. The fraction of sp³-hybridized carbons (Fsp3) is 0.0556.